The largest absolute Gasteiger partial charge is 0.382 e. The Labute approximate surface area is 121 Å². The normalized spacial score (nSPS) is 10.9. The molecule has 0 aliphatic carbocycles. The monoisotopic (exact) mass is 281 g/mol. The lowest BCUT2D eigenvalue weighted by Gasteiger charge is -2.07. The molecule has 0 aliphatic heterocycles. The number of hydrogen-bond donors (Lipinski definition) is 3. The van der Waals surface area contributed by atoms with E-state index in [0.717, 1.165) is 6.42 Å². The second-order valence-electron chi connectivity index (χ2n) is 4.68. The maximum atomic E-state index is 5.94. The zero-order chi connectivity index (χ0) is 14.8. The summed E-state index contributed by atoms with van der Waals surface area (Å²) in [5.41, 5.74) is 19.9. The molecule has 106 valence electrons. The van der Waals surface area contributed by atoms with E-state index in [9.17, 15) is 0 Å². The lowest BCUT2D eigenvalue weighted by molar-refractivity contribution is 0.915. The Morgan fingerprint density at radius 3 is 2.29 bits per heavy atom. The molecule has 2 aromatic heterocycles. The Hall–Kier alpha value is -2.96. The average molecular weight is 281 g/mol. The number of rotatable bonds is 3. The van der Waals surface area contributed by atoms with E-state index in [0.29, 0.717) is 29.1 Å². The van der Waals surface area contributed by atoms with Crippen molar-refractivity contribution in [3.63, 3.8) is 0 Å². The van der Waals surface area contributed by atoms with Crippen LogP contribution in [0, 0.1) is 0 Å². The molecule has 0 atom stereocenters. The van der Waals surface area contributed by atoms with E-state index in [-0.39, 0.29) is 11.8 Å². The molecule has 0 unspecified atom stereocenters. The lowest BCUT2D eigenvalue weighted by Crippen LogP contribution is -2.08. The van der Waals surface area contributed by atoms with Crippen LogP contribution in [0.1, 0.15) is 11.3 Å². The maximum Gasteiger partial charge on any atom is 0.224 e. The molecule has 1 aromatic carbocycles. The van der Waals surface area contributed by atoms with Crippen molar-refractivity contribution in [1.29, 1.82) is 0 Å². The van der Waals surface area contributed by atoms with E-state index in [1.54, 1.807) is 0 Å². The number of aromatic nitrogens is 4. The van der Waals surface area contributed by atoms with E-state index in [1.165, 1.54) is 5.56 Å². The van der Waals surface area contributed by atoms with Gasteiger partial charge < -0.3 is 17.2 Å². The summed E-state index contributed by atoms with van der Waals surface area (Å²) in [7, 11) is 0. The lowest BCUT2D eigenvalue weighted by atomic mass is 10.1. The molecule has 0 aliphatic rings. The van der Waals surface area contributed by atoms with Crippen LogP contribution in [-0.4, -0.2) is 19.9 Å². The molecule has 7 nitrogen and oxygen atoms in total. The van der Waals surface area contributed by atoms with Gasteiger partial charge in [0.1, 0.15) is 5.82 Å². The summed E-state index contributed by atoms with van der Waals surface area (Å²) in [4.78, 5) is 16.5. The molecule has 3 rings (SSSR count). The van der Waals surface area contributed by atoms with Gasteiger partial charge >= 0.3 is 0 Å². The number of fused-ring (bicyclic) bond motifs is 1. The smallest absolute Gasteiger partial charge is 0.224 e. The van der Waals surface area contributed by atoms with Crippen LogP contribution in [0.25, 0.3) is 11.2 Å². The molecule has 21 heavy (non-hydrogen) atoms. The number of nitrogen functional groups attached to an aromatic ring is 3. The maximum absolute atomic E-state index is 5.94. The highest BCUT2D eigenvalue weighted by molar-refractivity contribution is 5.83. The molecule has 0 radical (unpaired) electrons. The summed E-state index contributed by atoms with van der Waals surface area (Å²) >= 11 is 0. The molecule has 6 N–H and O–H groups in total. The molecule has 0 bridgehead atoms. The van der Waals surface area contributed by atoms with Gasteiger partial charge in [0, 0.05) is 0 Å². The summed E-state index contributed by atoms with van der Waals surface area (Å²) in [6.07, 6.45) is 1.49. The minimum absolute atomic E-state index is 0.0609. The molecule has 0 spiro atoms. The van der Waals surface area contributed by atoms with Crippen LogP contribution < -0.4 is 17.2 Å². The molecule has 0 saturated heterocycles. The number of nitrogens with zero attached hydrogens (tertiary/aromatic N) is 4. The number of anilines is 3. The van der Waals surface area contributed by atoms with Gasteiger partial charge in [-0.3, -0.25) is 0 Å². The quantitative estimate of drug-likeness (QED) is 0.651. The van der Waals surface area contributed by atoms with Crippen molar-refractivity contribution in [2.75, 3.05) is 17.2 Å². The van der Waals surface area contributed by atoms with Crippen LogP contribution in [0.5, 0.6) is 0 Å². The topological polar surface area (TPSA) is 130 Å². The van der Waals surface area contributed by atoms with E-state index < -0.39 is 0 Å². The van der Waals surface area contributed by atoms with Crippen LogP contribution in [-0.2, 0) is 12.8 Å². The highest BCUT2D eigenvalue weighted by Gasteiger charge is 2.11. The first-order valence-corrected chi connectivity index (χ1v) is 6.52. The van der Waals surface area contributed by atoms with E-state index in [1.807, 2.05) is 18.2 Å². The summed E-state index contributed by atoms with van der Waals surface area (Å²) in [5, 5.41) is 0. The van der Waals surface area contributed by atoms with E-state index in [4.69, 9.17) is 17.2 Å². The number of nitrogens with two attached hydrogens (primary N) is 3. The summed E-state index contributed by atoms with van der Waals surface area (Å²) in [5.74, 6) is 0.618. The first-order valence-electron chi connectivity index (χ1n) is 6.52. The van der Waals surface area contributed by atoms with Crippen LogP contribution in [0.2, 0.25) is 0 Å². The van der Waals surface area contributed by atoms with Crippen LogP contribution in [0.4, 0.5) is 17.6 Å². The first kappa shape index (κ1) is 13.0. The van der Waals surface area contributed by atoms with Gasteiger partial charge in [0.15, 0.2) is 17.0 Å². The third-order valence-electron chi connectivity index (χ3n) is 3.17. The van der Waals surface area contributed by atoms with E-state index >= 15 is 0 Å². The fourth-order valence-electron chi connectivity index (χ4n) is 2.12. The Morgan fingerprint density at radius 2 is 1.52 bits per heavy atom. The Bertz CT molecular complexity index is 786. The van der Waals surface area contributed by atoms with Gasteiger partial charge in [-0.1, -0.05) is 30.3 Å². The minimum Gasteiger partial charge on any atom is -0.382 e. The Morgan fingerprint density at radius 1 is 0.762 bits per heavy atom. The number of hydrogen-bond acceptors (Lipinski definition) is 7. The van der Waals surface area contributed by atoms with Gasteiger partial charge in [-0.2, -0.15) is 9.97 Å². The van der Waals surface area contributed by atoms with Gasteiger partial charge in [0.25, 0.3) is 0 Å². The molecular weight excluding hydrogens is 266 g/mol. The van der Waals surface area contributed by atoms with Crippen molar-refractivity contribution < 1.29 is 0 Å². The molecule has 0 amide bonds. The highest BCUT2D eigenvalue weighted by atomic mass is 15.1. The van der Waals surface area contributed by atoms with Crippen molar-refractivity contribution in [3.8, 4) is 0 Å². The van der Waals surface area contributed by atoms with Crippen molar-refractivity contribution in [2.45, 2.75) is 12.8 Å². The summed E-state index contributed by atoms with van der Waals surface area (Å²) in [6.45, 7) is 0. The second kappa shape index (κ2) is 5.20. The SMILES string of the molecule is Nc1nc(N)c2nc(CCc3ccccc3)c(N)nc2n1. The average Bonchev–Trinajstić information content (AvgIpc) is 2.46. The van der Waals surface area contributed by atoms with Gasteiger partial charge in [-0.15, -0.1) is 0 Å². The molecule has 0 saturated carbocycles. The van der Waals surface area contributed by atoms with Crippen LogP contribution >= 0.6 is 0 Å². The first-order chi connectivity index (χ1) is 10.1. The van der Waals surface area contributed by atoms with Gasteiger partial charge in [0.2, 0.25) is 5.95 Å². The van der Waals surface area contributed by atoms with Gasteiger partial charge in [-0.25, -0.2) is 9.97 Å². The summed E-state index contributed by atoms with van der Waals surface area (Å²) < 4.78 is 0. The van der Waals surface area contributed by atoms with Gasteiger partial charge in [-0.05, 0) is 18.4 Å². The fraction of sp³-hybridized carbons (Fsp3) is 0.143. The van der Waals surface area contributed by atoms with E-state index in [2.05, 4.69) is 32.1 Å². The predicted octanol–water partition coefficient (Wildman–Crippen LogP) is 0.952. The predicted molar refractivity (Wildman–Crippen MR) is 82.2 cm³/mol. The zero-order valence-corrected chi connectivity index (χ0v) is 11.3. The number of aryl methyl sites for hydroxylation is 2. The Balaban J connectivity index is 1.94. The third kappa shape index (κ3) is 2.66. The summed E-state index contributed by atoms with van der Waals surface area (Å²) in [6, 6.07) is 10.1. The van der Waals surface area contributed by atoms with Crippen molar-refractivity contribution in [2.24, 2.45) is 0 Å². The fourth-order valence-corrected chi connectivity index (χ4v) is 2.12. The minimum atomic E-state index is 0.0609. The molecule has 7 heteroatoms. The molecule has 3 aromatic rings. The van der Waals surface area contributed by atoms with Crippen molar-refractivity contribution in [1.82, 2.24) is 19.9 Å². The zero-order valence-electron chi connectivity index (χ0n) is 11.3. The van der Waals surface area contributed by atoms with Gasteiger partial charge in [0.05, 0.1) is 5.69 Å². The van der Waals surface area contributed by atoms with Crippen LogP contribution in [0.3, 0.4) is 0 Å². The third-order valence-corrected chi connectivity index (χ3v) is 3.17. The number of benzene rings is 1. The molecule has 2 heterocycles. The molecule has 0 fully saturated rings. The molecular formula is C14H15N7. The standard InChI is InChI=1S/C14H15N7/c15-11-9(7-6-8-4-2-1-3-5-8)18-10-12(16)20-14(17)21-13(10)19-11/h1-5H,6-7H2,(H6,15,16,17,19,20,21). The van der Waals surface area contributed by atoms with Crippen molar-refractivity contribution in [3.05, 3.63) is 41.6 Å². The second-order valence-corrected chi connectivity index (χ2v) is 4.68. The van der Waals surface area contributed by atoms with Crippen LogP contribution in [0.15, 0.2) is 30.3 Å². The van der Waals surface area contributed by atoms with Crippen molar-refractivity contribution >= 4 is 28.7 Å². The highest BCUT2D eigenvalue weighted by Crippen LogP contribution is 2.19. The Kier molecular flexibility index (Phi) is 3.23.